The highest BCUT2D eigenvalue weighted by Crippen LogP contribution is 2.29. The van der Waals surface area contributed by atoms with E-state index in [1.807, 2.05) is 24.3 Å². The van der Waals surface area contributed by atoms with Gasteiger partial charge in [-0.3, -0.25) is 4.79 Å². The maximum atomic E-state index is 12.8. The lowest BCUT2D eigenvalue weighted by molar-refractivity contribution is -0.141. The summed E-state index contributed by atoms with van der Waals surface area (Å²) < 4.78 is 39.2. The van der Waals surface area contributed by atoms with E-state index in [4.69, 9.17) is 0 Å². The second-order valence-electron chi connectivity index (χ2n) is 5.90. The third-order valence-electron chi connectivity index (χ3n) is 4.20. The molecule has 1 aliphatic rings. The van der Waals surface area contributed by atoms with Gasteiger partial charge in [0, 0.05) is 36.7 Å². The molecule has 1 aromatic carbocycles. The van der Waals surface area contributed by atoms with Crippen LogP contribution in [0.15, 0.2) is 41.1 Å². The molecule has 0 atom stereocenters. The van der Waals surface area contributed by atoms with Gasteiger partial charge in [-0.15, -0.1) is 0 Å². The van der Waals surface area contributed by atoms with Crippen molar-refractivity contribution in [2.45, 2.75) is 12.6 Å². The topological polar surface area (TPSA) is 49.3 Å². The summed E-state index contributed by atoms with van der Waals surface area (Å²) in [6, 6.07) is 8.47. The Kier molecular flexibility index (Phi) is 5.45. The number of hydrogen-bond acceptors (Lipinski definition) is 4. The normalized spacial score (nSPS) is 15.2. The van der Waals surface area contributed by atoms with Crippen LogP contribution < -0.4 is 4.90 Å². The zero-order valence-corrected chi connectivity index (χ0v) is 15.3. The minimum Gasteiger partial charge on any atom is -0.353 e. The maximum absolute atomic E-state index is 12.8. The van der Waals surface area contributed by atoms with Gasteiger partial charge in [-0.25, -0.2) is 9.97 Å². The van der Waals surface area contributed by atoms with Crippen LogP contribution >= 0.6 is 15.9 Å². The van der Waals surface area contributed by atoms with Crippen molar-refractivity contribution in [2.75, 3.05) is 31.1 Å². The average molecular weight is 429 g/mol. The molecule has 3 rings (SSSR count). The molecule has 2 aromatic rings. The van der Waals surface area contributed by atoms with Gasteiger partial charge in [-0.2, -0.15) is 13.2 Å². The molecular weight excluding hydrogens is 413 g/mol. The van der Waals surface area contributed by atoms with E-state index in [0.29, 0.717) is 26.2 Å². The van der Waals surface area contributed by atoms with Crippen molar-refractivity contribution >= 4 is 27.7 Å². The molecule has 1 aromatic heterocycles. The minimum absolute atomic E-state index is 0.00443. The van der Waals surface area contributed by atoms with Gasteiger partial charge in [0.2, 0.25) is 5.91 Å². The molecular formula is C17H16BrF3N4O. The minimum atomic E-state index is -4.50. The zero-order chi connectivity index (χ0) is 18.7. The average Bonchev–Trinajstić information content (AvgIpc) is 2.63. The van der Waals surface area contributed by atoms with Crippen LogP contribution in [0.2, 0.25) is 0 Å². The van der Waals surface area contributed by atoms with Crippen LogP contribution in [-0.2, 0) is 17.4 Å². The molecule has 0 N–H and O–H groups in total. The predicted octanol–water partition coefficient (Wildman–Crippen LogP) is 3.15. The molecule has 0 unspecified atom stereocenters. The summed E-state index contributed by atoms with van der Waals surface area (Å²) in [5.74, 6) is 0.223. The number of hydrogen-bond donors (Lipinski definition) is 0. The Morgan fingerprint density at radius 1 is 1.12 bits per heavy atom. The van der Waals surface area contributed by atoms with E-state index in [1.165, 1.54) is 0 Å². The Balaban J connectivity index is 1.61. The maximum Gasteiger partial charge on any atom is 0.433 e. The van der Waals surface area contributed by atoms with Gasteiger partial charge in [0.05, 0.1) is 6.42 Å². The van der Waals surface area contributed by atoms with E-state index in [9.17, 15) is 18.0 Å². The molecule has 0 aliphatic carbocycles. The van der Waals surface area contributed by atoms with Crippen LogP contribution in [0.25, 0.3) is 0 Å². The molecule has 1 saturated heterocycles. The number of benzene rings is 1. The number of carbonyl (C=O) groups is 1. The van der Waals surface area contributed by atoms with Gasteiger partial charge in [0.25, 0.3) is 0 Å². The second kappa shape index (κ2) is 7.61. The summed E-state index contributed by atoms with van der Waals surface area (Å²) in [4.78, 5) is 23.1. The summed E-state index contributed by atoms with van der Waals surface area (Å²) in [5.41, 5.74) is -0.0551. The highest BCUT2D eigenvalue weighted by atomic mass is 79.9. The molecule has 0 bridgehead atoms. The van der Waals surface area contributed by atoms with E-state index in [2.05, 4.69) is 25.9 Å². The van der Waals surface area contributed by atoms with Crippen LogP contribution in [0.1, 0.15) is 11.3 Å². The Hall–Kier alpha value is -2.16. The van der Waals surface area contributed by atoms with Crippen molar-refractivity contribution in [3.05, 3.63) is 52.4 Å². The lowest BCUT2D eigenvalue weighted by Gasteiger charge is -2.35. The fourth-order valence-corrected chi connectivity index (χ4v) is 3.20. The first kappa shape index (κ1) is 18.6. The highest BCUT2D eigenvalue weighted by molar-refractivity contribution is 9.10. The highest BCUT2D eigenvalue weighted by Gasteiger charge is 2.33. The first-order valence-corrected chi connectivity index (χ1v) is 8.79. The zero-order valence-electron chi connectivity index (χ0n) is 13.7. The number of nitrogens with zero attached hydrogens (tertiary/aromatic N) is 4. The monoisotopic (exact) mass is 428 g/mol. The van der Waals surface area contributed by atoms with Gasteiger partial charge in [0.15, 0.2) is 0 Å². The van der Waals surface area contributed by atoms with Crippen molar-refractivity contribution in [1.29, 1.82) is 0 Å². The molecule has 2 heterocycles. The van der Waals surface area contributed by atoms with Crippen molar-refractivity contribution < 1.29 is 18.0 Å². The summed E-state index contributed by atoms with van der Waals surface area (Å²) in [6.07, 6.45) is -3.30. The number of anilines is 1. The number of halogens is 4. The van der Waals surface area contributed by atoms with Crippen LogP contribution in [0.3, 0.4) is 0 Å². The Bertz CT molecular complexity index is 792. The molecule has 1 amide bonds. The number of amides is 1. The first-order valence-electron chi connectivity index (χ1n) is 8.00. The van der Waals surface area contributed by atoms with Gasteiger partial charge in [-0.05, 0) is 11.6 Å². The molecule has 26 heavy (non-hydrogen) atoms. The smallest absolute Gasteiger partial charge is 0.353 e. The number of aromatic nitrogens is 2. The summed E-state index contributed by atoms with van der Waals surface area (Å²) >= 11 is 3.43. The Morgan fingerprint density at radius 3 is 2.46 bits per heavy atom. The first-order chi connectivity index (χ1) is 12.3. The number of piperazine rings is 1. The quantitative estimate of drug-likeness (QED) is 0.753. The van der Waals surface area contributed by atoms with Gasteiger partial charge < -0.3 is 9.80 Å². The molecule has 0 spiro atoms. The Morgan fingerprint density at radius 2 is 1.81 bits per heavy atom. The number of alkyl halides is 3. The van der Waals surface area contributed by atoms with Gasteiger partial charge >= 0.3 is 6.18 Å². The van der Waals surface area contributed by atoms with Crippen LogP contribution in [-0.4, -0.2) is 47.0 Å². The van der Waals surface area contributed by atoms with Crippen LogP contribution in [0, 0.1) is 0 Å². The summed E-state index contributed by atoms with van der Waals surface area (Å²) in [7, 11) is 0. The van der Waals surface area contributed by atoms with Crippen molar-refractivity contribution in [3.63, 3.8) is 0 Å². The molecule has 138 valence electrons. The second-order valence-corrected chi connectivity index (χ2v) is 6.75. The molecule has 0 radical (unpaired) electrons. The van der Waals surface area contributed by atoms with Gasteiger partial charge in [-0.1, -0.05) is 34.1 Å². The van der Waals surface area contributed by atoms with E-state index < -0.39 is 11.9 Å². The Labute approximate surface area is 157 Å². The van der Waals surface area contributed by atoms with Crippen LogP contribution in [0.5, 0.6) is 0 Å². The SMILES string of the molecule is O=C(Cc1ccccc1Br)N1CCN(c2cc(C(F)(F)F)ncn2)CC1. The van der Waals surface area contributed by atoms with E-state index >= 15 is 0 Å². The van der Waals surface area contributed by atoms with Crippen molar-refractivity contribution in [3.8, 4) is 0 Å². The van der Waals surface area contributed by atoms with E-state index in [1.54, 1.807) is 9.80 Å². The fourth-order valence-electron chi connectivity index (χ4n) is 2.78. The standard InChI is InChI=1S/C17H16BrF3N4O/c18-13-4-2-1-3-12(13)9-16(26)25-7-5-24(6-8-25)15-10-14(17(19,20)21)22-11-23-15/h1-4,10-11H,5-9H2. The number of rotatable bonds is 3. The molecule has 1 fully saturated rings. The largest absolute Gasteiger partial charge is 0.433 e. The predicted molar refractivity (Wildman–Crippen MR) is 93.7 cm³/mol. The molecule has 9 heteroatoms. The molecule has 1 aliphatic heterocycles. The lowest BCUT2D eigenvalue weighted by Crippen LogP contribution is -2.49. The van der Waals surface area contributed by atoms with Crippen molar-refractivity contribution in [1.82, 2.24) is 14.9 Å². The van der Waals surface area contributed by atoms with Crippen LogP contribution in [0.4, 0.5) is 19.0 Å². The van der Waals surface area contributed by atoms with E-state index in [-0.39, 0.29) is 18.1 Å². The fraction of sp³-hybridized carbons (Fsp3) is 0.353. The van der Waals surface area contributed by atoms with Crippen molar-refractivity contribution in [2.24, 2.45) is 0 Å². The third kappa shape index (κ3) is 4.32. The molecule has 5 nitrogen and oxygen atoms in total. The summed E-state index contributed by atoms with van der Waals surface area (Å²) in [5, 5.41) is 0. The van der Waals surface area contributed by atoms with Gasteiger partial charge in [0.1, 0.15) is 17.8 Å². The lowest BCUT2D eigenvalue weighted by atomic mass is 10.1. The third-order valence-corrected chi connectivity index (χ3v) is 4.97. The molecule has 0 saturated carbocycles. The number of carbonyl (C=O) groups excluding carboxylic acids is 1. The summed E-state index contributed by atoms with van der Waals surface area (Å²) in [6.45, 7) is 1.73. The van der Waals surface area contributed by atoms with E-state index in [0.717, 1.165) is 22.4 Å².